The molecule has 0 saturated heterocycles. The number of hydrogen-bond donors (Lipinski definition) is 1. The van der Waals surface area contributed by atoms with Gasteiger partial charge in [-0.15, -0.1) is 0 Å². The fraction of sp³-hybridized carbons (Fsp3) is 0.231. The maximum Gasteiger partial charge on any atom is 0.416 e. The molecule has 3 aromatic carbocycles. The minimum absolute atomic E-state index is 0.210. The van der Waals surface area contributed by atoms with Crippen molar-refractivity contribution in [2.75, 3.05) is 6.54 Å². The topological polar surface area (TPSA) is 12.0 Å². The molecule has 1 N–H and O–H groups in total. The van der Waals surface area contributed by atoms with Crippen molar-refractivity contribution in [2.45, 2.75) is 31.5 Å². The molecule has 1 unspecified atom stereocenters. The average molecular weight is 442 g/mol. The summed E-state index contributed by atoms with van der Waals surface area (Å²) in [5, 5.41) is 4.18. The van der Waals surface area contributed by atoms with Crippen LogP contribution in [0.1, 0.15) is 29.5 Å². The van der Waals surface area contributed by atoms with E-state index in [4.69, 9.17) is 11.6 Å². The first kappa shape index (κ1) is 21.7. The zero-order valence-electron chi connectivity index (χ0n) is 16.9. The van der Waals surface area contributed by atoms with Gasteiger partial charge < -0.3 is 5.32 Å². The van der Waals surface area contributed by atoms with Crippen LogP contribution in [0.2, 0.25) is 5.02 Å². The molecule has 0 amide bonds. The van der Waals surface area contributed by atoms with E-state index >= 15 is 0 Å². The van der Waals surface area contributed by atoms with Gasteiger partial charge in [-0.05, 0) is 59.7 Å². The molecule has 0 aromatic heterocycles. The molecular formula is C26H23ClF3N. The molecule has 1 atom stereocenters. The van der Waals surface area contributed by atoms with Gasteiger partial charge in [-0.2, -0.15) is 13.2 Å². The Balaban J connectivity index is 1.40. The van der Waals surface area contributed by atoms with Crippen molar-refractivity contribution in [1.82, 2.24) is 5.32 Å². The maximum absolute atomic E-state index is 13.0. The summed E-state index contributed by atoms with van der Waals surface area (Å²) in [6.07, 6.45) is 0.0996. The van der Waals surface area contributed by atoms with Crippen molar-refractivity contribution in [3.8, 4) is 11.1 Å². The van der Waals surface area contributed by atoms with Crippen LogP contribution in [0.3, 0.4) is 0 Å². The third-order valence-corrected chi connectivity index (χ3v) is 5.99. The Hall–Kier alpha value is -2.56. The van der Waals surface area contributed by atoms with Crippen molar-refractivity contribution in [1.29, 1.82) is 0 Å². The lowest BCUT2D eigenvalue weighted by atomic mass is 9.91. The molecule has 0 radical (unpaired) electrons. The SMILES string of the molecule is FC(F)(F)c1cccc(C2=CCNC(CCc3ccc(-c4ccccc4)c(Cl)c3)C2)c1. The Kier molecular flexibility index (Phi) is 6.49. The number of nitrogens with one attached hydrogen (secondary N) is 1. The highest BCUT2D eigenvalue weighted by atomic mass is 35.5. The van der Waals surface area contributed by atoms with E-state index in [9.17, 15) is 13.2 Å². The van der Waals surface area contributed by atoms with E-state index in [1.165, 1.54) is 12.1 Å². The van der Waals surface area contributed by atoms with E-state index in [0.29, 0.717) is 18.5 Å². The average Bonchev–Trinajstić information content (AvgIpc) is 2.78. The molecule has 3 aromatic rings. The van der Waals surface area contributed by atoms with Gasteiger partial charge in [0.2, 0.25) is 0 Å². The van der Waals surface area contributed by atoms with Crippen molar-refractivity contribution in [3.63, 3.8) is 0 Å². The van der Waals surface area contributed by atoms with Crippen LogP contribution in [-0.2, 0) is 12.6 Å². The van der Waals surface area contributed by atoms with Gasteiger partial charge in [0.05, 0.1) is 5.56 Å². The smallest absolute Gasteiger partial charge is 0.310 e. The molecule has 0 aliphatic carbocycles. The molecule has 1 aliphatic rings. The van der Waals surface area contributed by atoms with Crippen LogP contribution in [-0.4, -0.2) is 12.6 Å². The van der Waals surface area contributed by atoms with Crippen LogP contribution in [0.4, 0.5) is 13.2 Å². The fourth-order valence-corrected chi connectivity index (χ4v) is 4.32. The second-order valence-corrected chi connectivity index (χ2v) is 8.24. The molecule has 0 saturated carbocycles. The van der Waals surface area contributed by atoms with Crippen LogP contribution < -0.4 is 5.32 Å². The molecule has 4 rings (SSSR count). The van der Waals surface area contributed by atoms with Gasteiger partial charge in [0, 0.05) is 23.2 Å². The molecular weight excluding hydrogens is 419 g/mol. The summed E-state index contributed by atoms with van der Waals surface area (Å²) in [6, 6.07) is 22.0. The van der Waals surface area contributed by atoms with Crippen molar-refractivity contribution in [2.24, 2.45) is 0 Å². The van der Waals surface area contributed by atoms with Crippen LogP contribution in [0, 0.1) is 0 Å². The van der Waals surface area contributed by atoms with Crippen LogP contribution in [0.5, 0.6) is 0 Å². The monoisotopic (exact) mass is 441 g/mol. The number of benzene rings is 3. The Morgan fingerprint density at radius 3 is 2.42 bits per heavy atom. The van der Waals surface area contributed by atoms with Crippen molar-refractivity contribution >= 4 is 17.2 Å². The van der Waals surface area contributed by atoms with Crippen molar-refractivity contribution < 1.29 is 13.2 Å². The van der Waals surface area contributed by atoms with Crippen LogP contribution >= 0.6 is 11.6 Å². The molecule has 1 heterocycles. The predicted molar refractivity (Wildman–Crippen MR) is 121 cm³/mol. The molecule has 5 heteroatoms. The highest BCUT2D eigenvalue weighted by molar-refractivity contribution is 6.33. The molecule has 1 aliphatic heterocycles. The van der Waals surface area contributed by atoms with Gasteiger partial charge in [0.1, 0.15) is 0 Å². The lowest BCUT2D eigenvalue weighted by Gasteiger charge is -2.25. The minimum atomic E-state index is -4.33. The van der Waals surface area contributed by atoms with Gasteiger partial charge in [0.25, 0.3) is 0 Å². The minimum Gasteiger partial charge on any atom is -0.310 e. The van der Waals surface area contributed by atoms with E-state index in [-0.39, 0.29) is 6.04 Å². The summed E-state index contributed by atoms with van der Waals surface area (Å²) in [4.78, 5) is 0. The van der Waals surface area contributed by atoms with Gasteiger partial charge in [-0.1, -0.05) is 72.3 Å². The Morgan fingerprint density at radius 2 is 1.68 bits per heavy atom. The zero-order chi connectivity index (χ0) is 21.8. The molecule has 31 heavy (non-hydrogen) atoms. The lowest BCUT2D eigenvalue weighted by Crippen LogP contribution is -2.33. The molecule has 0 fully saturated rings. The summed E-state index contributed by atoms with van der Waals surface area (Å²) in [5.74, 6) is 0. The Morgan fingerprint density at radius 1 is 0.903 bits per heavy atom. The fourth-order valence-electron chi connectivity index (χ4n) is 4.01. The third kappa shape index (κ3) is 5.38. The van der Waals surface area contributed by atoms with Crippen molar-refractivity contribution in [3.05, 3.63) is 101 Å². The first-order chi connectivity index (χ1) is 14.9. The van der Waals surface area contributed by atoms with Gasteiger partial charge in [-0.3, -0.25) is 0 Å². The molecule has 0 spiro atoms. The van der Waals surface area contributed by atoms with E-state index in [0.717, 1.165) is 46.2 Å². The highest BCUT2D eigenvalue weighted by Crippen LogP contribution is 2.33. The highest BCUT2D eigenvalue weighted by Gasteiger charge is 2.30. The first-order valence-corrected chi connectivity index (χ1v) is 10.7. The van der Waals surface area contributed by atoms with E-state index in [1.54, 1.807) is 6.07 Å². The predicted octanol–water partition coefficient (Wildman–Crippen LogP) is 7.40. The Labute approximate surface area is 185 Å². The zero-order valence-corrected chi connectivity index (χ0v) is 17.7. The second-order valence-electron chi connectivity index (χ2n) is 7.84. The Bertz CT molecular complexity index is 1070. The normalized spacial score (nSPS) is 16.8. The van der Waals surface area contributed by atoms with Gasteiger partial charge >= 0.3 is 6.18 Å². The van der Waals surface area contributed by atoms with Crippen LogP contribution in [0.15, 0.2) is 78.9 Å². The number of aryl methyl sites for hydroxylation is 1. The lowest BCUT2D eigenvalue weighted by molar-refractivity contribution is -0.137. The van der Waals surface area contributed by atoms with Gasteiger partial charge in [-0.25, -0.2) is 0 Å². The summed E-state index contributed by atoms with van der Waals surface area (Å²) in [6.45, 7) is 0.657. The third-order valence-electron chi connectivity index (χ3n) is 5.68. The number of rotatable bonds is 5. The standard InChI is InChI=1S/C26H23ClF3N/c27-25-15-18(10-12-24(25)19-5-2-1-3-6-19)9-11-23-17-21(13-14-31-23)20-7-4-8-22(16-20)26(28,29)30/h1-8,10,12-13,15-16,23,31H,9,11,14,17H2. The van der Waals surface area contributed by atoms with E-state index < -0.39 is 11.7 Å². The second kappa shape index (κ2) is 9.29. The molecule has 160 valence electrons. The molecule has 0 bridgehead atoms. The summed E-state index contributed by atoms with van der Waals surface area (Å²) < 4.78 is 39.1. The van der Waals surface area contributed by atoms with E-state index in [1.807, 2.05) is 42.5 Å². The summed E-state index contributed by atoms with van der Waals surface area (Å²) in [5.41, 5.74) is 4.26. The summed E-state index contributed by atoms with van der Waals surface area (Å²) in [7, 11) is 0. The number of hydrogen-bond acceptors (Lipinski definition) is 1. The van der Waals surface area contributed by atoms with Crippen LogP contribution in [0.25, 0.3) is 16.7 Å². The number of halogens is 4. The summed E-state index contributed by atoms with van der Waals surface area (Å²) >= 11 is 6.52. The maximum atomic E-state index is 13.0. The molecule has 1 nitrogen and oxygen atoms in total. The largest absolute Gasteiger partial charge is 0.416 e. The van der Waals surface area contributed by atoms with Gasteiger partial charge in [0.15, 0.2) is 0 Å². The first-order valence-electron chi connectivity index (χ1n) is 10.3. The van der Waals surface area contributed by atoms with E-state index in [2.05, 4.69) is 17.4 Å². The number of alkyl halides is 3. The quantitative estimate of drug-likeness (QED) is 0.434.